The molecule has 0 saturated carbocycles. The Labute approximate surface area is 140 Å². The molecular formula is C18H12F2N4O. The molecule has 0 aliphatic carbocycles. The maximum absolute atomic E-state index is 13.3. The van der Waals surface area contributed by atoms with E-state index >= 15 is 0 Å². The summed E-state index contributed by atoms with van der Waals surface area (Å²) in [4.78, 5) is 15.3. The van der Waals surface area contributed by atoms with Gasteiger partial charge in [0.05, 0.1) is 5.69 Å². The van der Waals surface area contributed by atoms with E-state index in [4.69, 9.17) is 0 Å². The molecule has 2 aromatic heterocycles. The number of carbonyl (C=O) groups excluding carboxylic acids is 1. The fourth-order valence-corrected chi connectivity index (χ4v) is 2.62. The minimum Gasteiger partial charge on any atom is -0.351 e. The van der Waals surface area contributed by atoms with Crippen LogP contribution in [-0.2, 0) is 0 Å². The molecule has 0 aliphatic rings. The van der Waals surface area contributed by atoms with Crippen molar-refractivity contribution in [2.75, 3.05) is 5.32 Å². The van der Waals surface area contributed by atoms with Gasteiger partial charge in [-0.05, 0) is 24.3 Å². The molecule has 0 saturated heterocycles. The lowest BCUT2D eigenvalue weighted by molar-refractivity contribution is 0.102. The fourth-order valence-electron chi connectivity index (χ4n) is 2.62. The molecule has 0 atom stereocenters. The van der Waals surface area contributed by atoms with Gasteiger partial charge < -0.3 is 10.3 Å². The number of benzene rings is 2. The first-order valence-corrected chi connectivity index (χ1v) is 7.49. The molecule has 7 heteroatoms. The number of aromatic amines is 2. The Balaban J connectivity index is 1.57. The highest BCUT2D eigenvalue weighted by atomic mass is 19.1. The zero-order valence-corrected chi connectivity index (χ0v) is 12.8. The summed E-state index contributed by atoms with van der Waals surface area (Å²) in [5.74, 6) is -1.48. The van der Waals surface area contributed by atoms with Gasteiger partial charge in [-0.15, -0.1) is 0 Å². The van der Waals surface area contributed by atoms with Crippen molar-refractivity contribution in [1.29, 1.82) is 0 Å². The Hall–Kier alpha value is -3.48. The lowest BCUT2D eigenvalue weighted by atomic mass is 10.1. The van der Waals surface area contributed by atoms with Gasteiger partial charge in [0.25, 0.3) is 5.91 Å². The molecular weight excluding hydrogens is 326 g/mol. The summed E-state index contributed by atoms with van der Waals surface area (Å²) in [6.07, 6.45) is 0. The van der Waals surface area contributed by atoms with Crippen LogP contribution in [0, 0.1) is 11.6 Å². The van der Waals surface area contributed by atoms with E-state index in [0.29, 0.717) is 17.0 Å². The number of para-hydroxylation sites is 1. The highest BCUT2D eigenvalue weighted by Gasteiger charge is 2.12. The van der Waals surface area contributed by atoms with Gasteiger partial charge in [-0.25, -0.2) is 8.78 Å². The average Bonchev–Trinajstić information content (AvgIpc) is 3.20. The predicted molar refractivity (Wildman–Crippen MR) is 90.2 cm³/mol. The summed E-state index contributed by atoms with van der Waals surface area (Å²) >= 11 is 0. The van der Waals surface area contributed by atoms with Crippen LogP contribution in [0.5, 0.6) is 0 Å². The van der Waals surface area contributed by atoms with Crippen molar-refractivity contribution >= 4 is 22.6 Å². The highest BCUT2D eigenvalue weighted by molar-refractivity contribution is 6.05. The smallest absolute Gasteiger partial charge is 0.273 e. The molecule has 0 fully saturated rings. The lowest BCUT2D eigenvalue weighted by Gasteiger charge is -1.99. The van der Waals surface area contributed by atoms with Gasteiger partial charge in [0.1, 0.15) is 17.3 Å². The van der Waals surface area contributed by atoms with Crippen molar-refractivity contribution in [3.8, 4) is 11.3 Å². The van der Waals surface area contributed by atoms with E-state index in [1.54, 1.807) is 6.07 Å². The number of hydrogen-bond donors (Lipinski definition) is 3. The monoisotopic (exact) mass is 338 g/mol. The second-order valence-electron chi connectivity index (χ2n) is 5.55. The summed E-state index contributed by atoms with van der Waals surface area (Å²) in [5, 5.41) is 10.2. The van der Waals surface area contributed by atoms with Crippen molar-refractivity contribution < 1.29 is 13.6 Å². The topological polar surface area (TPSA) is 73.6 Å². The minimum absolute atomic E-state index is 0.253. The van der Waals surface area contributed by atoms with Crippen LogP contribution in [0.3, 0.4) is 0 Å². The zero-order valence-electron chi connectivity index (χ0n) is 12.8. The third-order valence-corrected chi connectivity index (χ3v) is 3.77. The van der Waals surface area contributed by atoms with Gasteiger partial charge in [-0.2, -0.15) is 5.10 Å². The molecule has 0 unspecified atom stereocenters. The number of carbonyl (C=O) groups is 1. The Bertz CT molecular complexity index is 1030. The van der Waals surface area contributed by atoms with Crippen molar-refractivity contribution in [1.82, 2.24) is 15.2 Å². The Morgan fingerprint density at radius 2 is 1.76 bits per heavy atom. The second kappa shape index (κ2) is 5.86. The summed E-state index contributed by atoms with van der Waals surface area (Å²) < 4.78 is 26.6. The van der Waals surface area contributed by atoms with Crippen LogP contribution in [0.2, 0.25) is 0 Å². The average molecular weight is 338 g/mol. The number of anilines is 1. The van der Waals surface area contributed by atoms with Crippen molar-refractivity contribution in [2.45, 2.75) is 0 Å². The molecule has 2 heterocycles. The number of nitrogens with one attached hydrogen (secondary N) is 3. The van der Waals surface area contributed by atoms with Crippen LogP contribution >= 0.6 is 0 Å². The SMILES string of the molecule is O=C(Nc1cc(-c2cc(F)cc(F)c2)[nH]n1)c1cc2ccccc2[nH]1. The number of H-pyrrole nitrogens is 2. The number of amides is 1. The van der Waals surface area contributed by atoms with Gasteiger partial charge in [0.2, 0.25) is 0 Å². The maximum atomic E-state index is 13.3. The van der Waals surface area contributed by atoms with Gasteiger partial charge in [-0.3, -0.25) is 9.89 Å². The van der Waals surface area contributed by atoms with E-state index < -0.39 is 11.6 Å². The summed E-state index contributed by atoms with van der Waals surface area (Å²) in [6, 6.07) is 13.9. The van der Waals surface area contributed by atoms with Crippen LogP contribution < -0.4 is 5.32 Å². The van der Waals surface area contributed by atoms with E-state index in [0.717, 1.165) is 17.0 Å². The Kier molecular flexibility index (Phi) is 3.53. The number of aromatic nitrogens is 3. The van der Waals surface area contributed by atoms with E-state index in [2.05, 4.69) is 20.5 Å². The van der Waals surface area contributed by atoms with Crippen LogP contribution in [0.4, 0.5) is 14.6 Å². The van der Waals surface area contributed by atoms with Gasteiger partial charge >= 0.3 is 0 Å². The normalized spacial score (nSPS) is 11.0. The molecule has 124 valence electrons. The fraction of sp³-hybridized carbons (Fsp3) is 0. The molecule has 0 aliphatic heterocycles. The van der Waals surface area contributed by atoms with E-state index in [1.807, 2.05) is 24.3 Å². The highest BCUT2D eigenvalue weighted by Crippen LogP contribution is 2.22. The molecule has 25 heavy (non-hydrogen) atoms. The van der Waals surface area contributed by atoms with Gasteiger partial charge in [0, 0.05) is 28.6 Å². The number of rotatable bonds is 3. The Morgan fingerprint density at radius 3 is 2.52 bits per heavy atom. The van der Waals surface area contributed by atoms with E-state index in [-0.39, 0.29) is 11.7 Å². The molecule has 0 bridgehead atoms. The third kappa shape index (κ3) is 2.99. The molecule has 0 spiro atoms. The molecule has 2 aromatic carbocycles. The van der Waals surface area contributed by atoms with Crippen molar-refractivity contribution in [3.63, 3.8) is 0 Å². The van der Waals surface area contributed by atoms with Crippen molar-refractivity contribution in [3.05, 3.63) is 71.9 Å². The first kappa shape index (κ1) is 15.1. The van der Waals surface area contributed by atoms with Crippen LogP contribution in [-0.4, -0.2) is 21.1 Å². The largest absolute Gasteiger partial charge is 0.351 e. The summed E-state index contributed by atoms with van der Waals surface area (Å²) in [5.41, 5.74) is 1.94. The quantitative estimate of drug-likeness (QED) is 0.526. The first-order valence-electron chi connectivity index (χ1n) is 7.49. The van der Waals surface area contributed by atoms with E-state index in [1.165, 1.54) is 18.2 Å². The molecule has 4 aromatic rings. The number of fused-ring (bicyclic) bond motifs is 1. The number of halogens is 2. The lowest BCUT2D eigenvalue weighted by Crippen LogP contribution is -2.12. The Morgan fingerprint density at radius 1 is 1.00 bits per heavy atom. The first-order chi connectivity index (χ1) is 12.1. The molecule has 1 amide bonds. The van der Waals surface area contributed by atoms with Crippen LogP contribution in [0.25, 0.3) is 22.2 Å². The van der Waals surface area contributed by atoms with Crippen molar-refractivity contribution in [2.24, 2.45) is 0 Å². The predicted octanol–water partition coefficient (Wildman–Crippen LogP) is 4.09. The second-order valence-corrected chi connectivity index (χ2v) is 5.55. The summed E-state index contributed by atoms with van der Waals surface area (Å²) in [6.45, 7) is 0. The minimum atomic E-state index is -0.687. The molecule has 5 nitrogen and oxygen atoms in total. The molecule has 0 radical (unpaired) electrons. The number of hydrogen-bond acceptors (Lipinski definition) is 2. The van der Waals surface area contributed by atoms with Gasteiger partial charge in [0.15, 0.2) is 5.82 Å². The zero-order chi connectivity index (χ0) is 17.4. The third-order valence-electron chi connectivity index (χ3n) is 3.77. The number of nitrogens with zero attached hydrogens (tertiary/aromatic N) is 1. The summed E-state index contributed by atoms with van der Waals surface area (Å²) in [7, 11) is 0. The maximum Gasteiger partial charge on any atom is 0.273 e. The molecule has 4 rings (SSSR count). The van der Waals surface area contributed by atoms with Crippen LogP contribution in [0.1, 0.15) is 10.5 Å². The van der Waals surface area contributed by atoms with Gasteiger partial charge in [-0.1, -0.05) is 18.2 Å². The van der Waals surface area contributed by atoms with E-state index in [9.17, 15) is 13.6 Å². The van der Waals surface area contributed by atoms with Crippen LogP contribution in [0.15, 0.2) is 54.6 Å². The standard InChI is InChI=1S/C18H12F2N4O/c19-12-5-11(6-13(20)8-12)15-9-17(24-23-15)22-18(25)16-7-10-3-1-2-4-14(10)21-16/h1-9,21H,(H2,22,23,24,25). The molecule has 3 N–H and O–H groups in total.